The first-order chi connectivity index (χ1) is 31.4. The van der Waals surface area contributed by atoms with E-state index in [1.165, 1.54) is 6.92 Å². The largest absolute Gasteiger partial charge is 3.00 e. The van der Waals surface area contributed by atoms with Crippen LogP contribution in [-0.4, -0.2) is 71.3 Å². The Morgan fingerprint density at radius 2 is 1.02 bits per heavy atom. The van der Waals surface area contributed by atoms with Crippen molar-refractivity contribution in [2.45, 2.75) is 27.2 Å². The smallest absolute Gasteiger partial charge is 0.460 e. The van der Waals surface area contributed by atoms with Gasteiger partial charge in [-0.1, -0.05) is 85.8 Å². The minimum Gasteiger partial charge on any atom is -0.460 e. The zero-order valence-electron chi connectivity index (χ0n) is 36.2. The van der Waals surface area contributed by atoms with Crippen LogP contribution in [0.4, 0.5) is 9.59 Å². The van der Waals surface area contributed by atoms with Crippen molar-refractivity contribution in [3.8, 4) is 62.3 Å². The Bertz CT molecular complexity index is 2640. The van der Waals surface area contributed by atoms with Gasteiger partial charge in [-0.05, 0) is 43.1 Å². The summed E-state index contributed by atoms with van der Waals surface area (Å²) in [6.45, 7) is 12.0. The van der Waals surface area contributed by atoms with Gasteiger partial charge in [0.2, 0.25) is 0 Å². The van der Waals surface area contributed by atoms with Crippen LogP contribution in [0.3, 0.4) is 0 Å². The monoisotopic (exact) mass is 1070 g/mol. The number of carbonyl (C=O) groups excluding carboxylic acids is 5. The number of ether oxygens (including phenoxy) is 5. The molecule has 0 bridgehead atoms. The zero-order valence-corrected chi connectivity index (χ0v) is 38.6. The molecule has 0 saturated carbocycles. The molecule has 338 valence electrons. The van der Waals surface area contributed by atoms with Crippen LogP contribution in [0.5, 0.6) is 17.2 Å². The van der Waals surface area contributed by atoms with Gasteiger partial charge in [-0.3, -0.25) is 9.78 Å². The zero-order chi connectivity index (χ0) is 46.6. The fourth-order valence-corrected chi connectivity index (χ4v) is 5.30. The standard InChI is InChI=1S/C32H27N3O6.C18H17N2O4.Ir/c1-4-30(36)40-25-10-7-9-22(18-25)28-12-8-13-29(35-28)24-17-23(27-11-5-6-14-33-27)19-26(20-24)41-32(38)34-15-16-39-31(37)21(2)3;1-13(2)17(21)23-11-10-20-18(22)24-15-7-5-6-14(12-15)16-8-3-4-9-19-16;/h5-8,10-14,18-20H,2,4,15-16H2,1,3H3,(H,34,38);3-5,7-9,12H,1,10-11H2,2H3,(H,20,22);/q-2;-1;+3. The SMILES string of the molecule is C=C(C)C(=O)OCCNC(=O)Oc1cc(-c2ccccn2)[c-]c(-c2cccc(-c3[c-]ccc(OC(=O)CC)c3)n2)c1.C=C(C)C(=O)OCCNC(=O)Oc1cc[c-]c(-c2ccccn2)c1.[Ir+3]. The number of nitrogens with one attached hydrogen (secondary N) is 2. The third-order valence-electron chi connectivity index (χ3n) is 8.42. The molecular weight excluding hydrogens is 1020 g/mol. The Kier molecular flexibility index (Phi) is 20.1. The second-order valence-corrected chi connectivity index (χ2v) is 13.7. The molecule has 16 heteroatoms. The molecule has 2 N–H and O–H groups in total. The van der Waals surface area contributed by atoms with E-state index in [1.54, 1.807) is 86.9 Å². The molecule has 2 amide bonds. The van der Waals surface area contributed by atoms with Gasteiger partial charge in [-0.2, -0.15) is 0 Å². The molecule has 15 nitrogen and oxygen atoms in total. The van der Waals surface area contributed by atoms with Crippen molar-refractivity contribution < 1.29 is 67.8 Å². The van der Waals surface area contributed by atoms with Crippen LogP contribution in [0, 0.1) is 18.2 Å². The Morgan fingerprint density at radius 1 is 0.576 bits per heavy atom. The summed E-state index contributed by atoms with van der Waals surface area (Å²) in [6.07, 6.45) is 2.22. The van der Waals surface area contributed by atoms with E-state index in [1.807, 2.05) is 42.5 Å². The second-order valence-electron chi connectivity index (χ2n) is 13.7. The van der Waals surface area contributed by atoms with Crippen LogP contribution in [0.15, 0.2) is 140 Å². The van der Waals surface area contributed by atoms with Gasteiger partial charge in [-0.25, -0.2) is 19.2 Å². The van der Waals surface area contributed by atoms with Gasteiger partial charge in [0, 0.05) is 35.7 Å². The first kappa shape index (κ1) is 50.8. The van der Waals surface area contributed by atoms with E-state index in [4.69, 9.17) is 28.7 Å². The fourth-order valence-electron chi connectivity index (χ4n) is 5.30. The van der Waals surface area contributed by atoms with E-state index in [0.717, 1.165) is 11.3 Å². The molecule has 6 aromatic rings. The summed E-state index contributed by atoms with van der Waals surface area (Å²) in [5.74, 6) is -0.367. The summed E-state index contributed by atoms with van der Waals surface area (Å²) in [4.78, 5) is 72.0. The molecule has 66 heavy (non-hydrogen) atoms. The third kappa shape index (κ3) is 16.4. The molecule has 0 saturated heterocycles. The van der Waals surface area contributed by atoms with Gasteiger partial charge in [0.05, 0.1) is 30.3 Å². The Balaban J connectivity index is 0.000000325. The summed E-state index contributed by atoms with van der Waals surface area (Å²) in [5, 5.41) is 5.04. The van der Waals surface area contributed by atoms with Crippen LogP contribution in [-0.2, 0) is 44.0 Å². The number of carbonyl (C=O) groups is 5. The van der Waals surface area contributed by atoms with Crippen molar-refractivity contribution in [2.75, 3.05) is 26.3 Å². The second kappa shape index (κ2) is 26.1. The molecule has 3 aromatic heterocycles. The predicted molar refractivity (Wildman–Crippen MR) is 240 cm³/mol. The van der Waals surface area contributed by atoms with Crippen LogP contribution in [0.25, 0.3) is 45.0 Å². The minimum atomic E-state index is -0.727. The van der Waals surface area contributed by atoms with Crippen LogP contribution >= 0.6 is 0 Å². The maximum Gasteiger partial charge on any atom is 3.00 e. The van der Waals surface area contributed by atoms with E-state index in [9.17, 15) is 24.0 Å². The van der Waals surface area contributed by atoms with Gasteiger partial charge in [0.15, 0.2) is 0 Å². The molecule has 0 fully saturated rings. The van der Waals surface area contributed by atoms with Gasteiger partial charge in [0.25, 0.3) is 0 Å². The van der Waals surface area contributed by atoms with Gasteiger partial charge >= 0.3 is 50.2 Å². The number of benzene rings is 3. The van der Waals surface area contributed by atoms with Crippen LogP contribution < -0.4 is 24.8 Å². The van der Waals surface area contributed by atoms with Crippen molar-refractivity contribution in [2.24, 2.45) is 0 Å². The number of hydrogen-bond acceptors (Lipinski definition) is 13. The molecule has 0 spiro atoms. The van der Waals surface area contributed by atoms with Crippen molar-refractivity contribution in [3.05, 3.63) is 158 Å². The van der Waals surface area contributed by atoms with Crippen molar-refractivity contribution in [1.29, 1.82) is 0 Å². The summed E-state index contributed by atoms with van der Waals surface area (Å²) in [7, 11) is 0. The molecule has 6 rings (SSSR count). The number of rotatable bonds is 16. The van der Waals surface area contributed by atoms with Crippen molar-refractivity contribution in [3.63, 3.8) is 0 Å². The first-order valence-electron chi connectivity index (χ1n) is 20.1. The van der Waals surface area contributed by atoms with Crippen molar-refractivity contribution in [1.82, 2.24) is 25.6 Å². The van der Waals surface area contributed by atoms with E-state index in [0.29, 0.717) is 50.8 Å². The Labute approximate surface area is 395 Å². The maximum atomic E-state index is 12.5. The number of amides is 2. The molecule has 0 radical (unpaired) electrons. The van der Waals surface area contributed by atoms with Crippen LogP contribution in [0.2, 0.25) is 0 Å². The Morgan fingerprint density at radius 3 is 1.52 bits per heavy atom. The van der Waals surface area contributed by atoms with E-state index >= 15 is 0 Å². The van der Waals surface area contributed by atoms with E-state index in [2.05, 4.69) is 52.0 Å². The molecule has 0 unspecified atom stereocenters. The summed E-state index contributed by atoms with van der Waals surface area (Å²) >= 11 is 0. The summed E-state index contributed by atoms with van der Waals surface area (Å²) < 4.78 is 25.9. The van der Waals surface area contributed by atoms with Gasteiger partial charge in [-0.15, -0.1) is 65.7 Å². The molecule has 0 aliphatic carbocycles. The molecule has 3 heterocycles. The summed E-state index contributed by atoms with van der Waals surface area (Å²) in [5.41, 5.74) is 5.59. The number of pyridine rings is 3. The molecule has 0 aliphatic heterocycles. The fraction of sp³-hybridized carbons (Fsp3) is 0.160. The molecule has 3 aromatic carbocycles. The number of hydrogen-bond donors (Lipinski definition) is 2. The Hall–Kier alpha value is -7.81. The van der Waals surface area contributed by atoms with E-state index < -0.39 is 24.1 Å². The summed E-state index contributed by atoms with van der Waals surface area (Å²) in [6, 6.07) is 39.1. The molecule has 0 aliphatic rings. The normalized spacial score (nSPS) is 10.0. The number of aromatic nitrogens is 3. The predicted octanol–water partition coefficient (Wildman–Crippen LogP) is 8.36. The number of esters is 3. The van der Waals surface area contributed by atoms with Crippen LogP contribution in [0.1, 0.15) is 27.2 Å². The van der Waals surface area contributed by atoms with E-state index in [-0.39, 0.29) is 70.1 Å². The quantitative estimate of drug-likeness (QED) is 0.0309. The van der Waals surface area contributed by atoms with Gasteiger partial charge < -0.3 is 44.3 Å². The topological polar surface area (TPSA) is 194 Å². The first-order valence-corrected chi connectivity index (χ1v) is 20.1. The average molecular weight is 1070 g/mol. The maximum absolute atomic E-state index is 12.5. The van der Waals surface area contributed by atoms with Gasteiger partial charge in [0.1, 0.15) is 13.2 Å². The number of nitrogens with zero attached hydrogens (tertiary/aromatic N) is 3. The third-order valence-corrected chi connectivity index (χ3v) is 8.42. The molecule has 0 atom stereocenters. The minimum absolute atomic E-state index is 0. The molecular formula is C50H44IrN5O10. The average Bonchev–Trinajstić information content (AvgIpc) is 3.32. The van der Waals surface area contributed by atoms with Crippen molar-refractivity contribution >= 4 is 30.1 Å².